The second-order valence-electron chi connectivity index (χ2n) is 1.98. The highest BCUT2D eigenvalue weighted by molar-refractivity contribution is 5.75. The molecular formula is C5H11NO3. The smallest absolute Gasteiger partial charge is 0.350 e. The molecule has 54 valence electrons. The summed E-state index contributed by atoms with van der Waals surface area (Å²) in [5, 5.41) is 17.0. The lowest BCUT2D eigenvalue weighted by molar-refractivity contribution is -0.158. The second-order valence-corrected chi connectivity index (χ2v) is 1.98. The van der Waals surface area contributed by atoms with E-state index in [0.29, 0.717) is 6.42 Å². The van der Waals surface area contributed by atoms with Crippen LogP contribution in [0.4, 0.5) is 0 Å². The standard InChI is InChI=1S/C5H11NO3/c1-2-3-5(6,9)4(7)8/h9H,2-3,6H2,1H3,(H,7,8)/t5-/m0/s1. The highest BCUT2D eigenvalue weighted by Gasteiger charge is 2.28. The van der Waals surface area contributed by atoms with Gasteiger partial charge in [-0.15, -0.1) is 0 Å². The van der Waals surface area contributed by atoms with Crippen molar-refractivity contribution >= 4 is 5.97 Å². The summed E-state index contributed by atoms with van der Waals surface area (Å²) in [4.78, 5) is 10.0. The van der Waals surface area contributed by atoms with E-state index in [9.17, 15) is 4.79 Å². The number of hydrogen-bond acceptors (Lipinski definition) is 3. The third-order valence-corrected chi connectivity index (χ3v) is 1.00. The van der Waals surface area contributed by atoms with Crippen LogP contribution in [0.2, 0.25) is 0 Å². The predicted molar refractivity (Wildman–Crippen MR) is 31.7 cm³/mol. The molecule has 0 saturated heterocycles. The molecule has 0 fully saturated rings. The summed E-state index contributed by atoms with van der Waals surface area (Å²) in [6.45, 7) is 1.75. The van der Waals surface area contributed by atoms with Crippen LogP contribution in [0, 0.1) is 0 Å². The fourth-order valence-corrected chi connectivity index (χ4v) is 0.488. The molecule has 4 nitrogen and oxygen atoms in total. The van der Waals surface area contributed by atoms with Crippen LogP contribution in [0.15, 0.2) is 0 Å². The molecule has 4 heteroatoms. The van der Waals surface area contributed by atoms with E-state index in [1.165, 1.54) is 0 Å². The summed E-state index contributed by atoms with van der Waals surface area (Å²) in [6.07, 6.45) is 0.641. The van der Waals surface area contributed by atoms with Crippen molar-refractivity contribution in [1.82, 2.24) is 0 Å². The van der Waals surface area contributed by atoms with E-state index in [0.717, 1.165) is 0 Å². The van der Waals surface area contributed by atoms with E-state index in [1.807, 2.05) is 0 Å². The Morgan fingerprint density at radius 1 is 1.78 bits per heavy atom. The number of nitrogens with two attached hydrogens (primary N) is 1. The van der Waals surface area contributed by atoms with E-state index in [-0.39, 0.29) is 6.42 Å². The van der Waals surface area contributed by atoms with Crippen molar-refractivity contribution in [2.75, 3.05) is 0 Å². The third kappa shape index (κ3) is 2.43. The Bertz CT molecular complexity index is 111. The Morgan fingerprint density at radius 2 is 2.22 bits per heavy atom. The Labute approximate surface area is 53.3 Å². The van der Waals surface area contributed by atoms with Gasteiger partial charge in [-0.05, 0) is 0 Å². The minimum Gasteiger partial charge on any atom is -0.478 e. The molecule has 0 bridgehead atoms. The zero-order valence-corrected chi connectivity index (χ0v) is 5.29. The minimum atomic E-state index is -2.03. The van der Waals surface area contributed by atoms with Gasteiger partial charge in [-0.1, -0.05) is 13.3 Å². The van der Waals surface area contributed by atoms with Crippen molar-refractivity contribution < 1.29 is 15.0 Å². The maximum absolute atomic E-state index is 10.0. The Balaban J connectivity index is 3.85. The first kappa shape index (κ1) is 8.39. The molecule has 0 unspecified atom stereocenters. The van der Waals surface area contributed by atoms with Gasteiger partial charge in [-0.25, -0.2) is 4.79 Å². The van der Waals surface area contributed by atoms with Crippen molar-refractivity contribution in [3.8, 4) is 0 Å². The van der Waals surface area contributed by atoms with E-state index in [1.54, 1.807) is 6.92 Å². The summed E-state index contributed by atoms with van der Waals surface area (Å²) >= 11 is 0. The fourth-order valence-electron chi connectivity index (χ4n) is 0.488. The van der Waals surface area contributed by atoms with Crippen molar-refractivity contribution in [2.24, 2.45) is 5.73 Å². The molecule has 0 spiro atoms. The van der Waals surface area contributed by atoms with Gasteiger partial charge in [-0.2, -0.15) is 0 Å². The maximum Gasteiger partial charge on any atom is 0.350 e. The molecule has 0 aromatic carbocycles. The van der Waals surface area contributed by atoms with Gasteiger partial charge >= 0.3 is 5.97 Å². The van der Waals surface area contributed by atoms with Gasteiger partial charge in [0, 0.05) is 6.42 Å². The number of rotatable bonds is 3. The molecule has 1 atom stereocenters. The monoisotopic (exact) mass is 133 g/mol. The molecule has 0 aliphatic carbocycles. The zero-order valence-electron chi connectivity index (χ0n) is 5.29. The van der Waals surface area contributed by atoms with Crippen LogP contribution in [-0.4, -0.2) is 21.9 Å². The number of hydrogen-bond donors (Lipinski definition) is 3. The normalized spacial score (nSPS) is 16.8. The van der Waals surface area contributed by atoms with Gasteiger partial charge in [-0.3, -0.25) is 5.73 Å². The Morgan fingerprint density at radius 3 is 2.33 bits per heavy atom. The first-order chi connectivity index (χ1) is 4.00. The van der Waals surface area contributed by atoms with Crippen LogP contribution in [0.25, 0.3) is 0 Å². The summed E-state index contributed by atoms with van der Waals surface area (Å²) < 4.78 is 0. The molecule has 0 heterocycles. The van der Waals surface area contributed by atoms with Gasteiger partial charge in [0.15, 0.2) is 0 Å². The highest BCUT2D eigenvalue weighted by Crippen LogP contribution is 2.03. The van der Waals surface area contributed by atoms with E-state index < -0.39 is 11.7 Å². The summed E-state index contributed by atoms with van der Waals surface area (Å²) in [6, 6.07) is 0. The number of carboxylic acid groups (broad SMARTS) is 1. The van der Waals surface area contributed by atoms with Crippen molar-refractivity contribution in [3.05, 3.63) is 0 Å². The van der Waals surface area contributed by atoms with Gasteiger partial charge in [0.1, 0.15) is 0 Å². The van der Waals surface area contributed by atoms with E-state index >= 15 is 0 Å². The largest absolute Gasteiger partial charge is 0.478 e. The topological polar surface area (TPSA) is 83.5 Å². The highest BCUT2D eigenvalue weighted by atomic mass is 16.4. The number of aliphatic carboxylic acids is 1. The lowest BCUT2D eigenvalue weighted by Gasteiger charge is -2.15. The van der Waals surface area contributed by atoms with Gasteiger partial charge in [0.25, 0.3) is 0 Å². The zero-order chi connectivity index (χ0) is 7.49. The molecule has 4 N–H and O–H groups in total. The van der Waals surface area contributed by atoms with Crippen LogP contribution in [-0.2, 0) is 4.79 Å². The third-order valence-electron chi connectivity index (χ3n) is 1.00. The molecule has 0 aromatic heterocycles. The molecule has 0 amide bonds. The van der Waals surface area contributed by atoms with Crippen LogP contribution in [0.3, 0.4) is 0 Å². The lowest BCUT2D eigenvalue weighted by Crippen LogP contribution is -2.47. The molecular weight excluding hydrogens is 122 g/mol. The Kier molecular flexibility index (Phi) is 2.61. The quantitative estimate of drug-likeness (QED) is 0.454. The van der Waals surface area contributed by atoms with Crippen molar-refractivity contribution in [1.29, 1.82) is 0 Å². The van der Waals surface area contributed by atoms with Crippen LogP contribution < -0.4 is 5.73 Å². The summed E-state index contributed by atoms with van der Waals surface area (Å²) in [7, 11) is 0. The van der Waals surface area contributed by atoms with Crippen LogP contribution >= 0.6 is 0 Å². The number of carbonyl (C=O) groups is 1. The molecule has 0 radical (unpaired) electrons. The number of carboxylic acids is 1. The van der Waals surface area contributed by atoms with Gasteiger partial charge in [0.2, 0.25) is 5.72 Å². The average Bonchev–Trinajstić information content (AvgIpc) is 1.65. The average molecular weight is 133 g/mol. The van der Waals surface area contributed by atoms with E-state index in [4.69, 9.17) is 15.9 Å². The second kappa shape index (κ2) is 2.80. The molecule has 9 heavy (non-hydrogen) atoms. The SMILES string of the molecule is CCC[C@](N)(O)C(=O)O. The maximum atomic E-state index is 10.0. The molecule has 0 aliphatic rings. The van der Waals surface area contributed by atoms with Crippen molar-refractivity contribution in [2.45, 2.75) is 25.5 Å². The number of aliphatic hydroxyl groups is 1. The molecule has 0 saturated carbocycles. The fraction of sp³-hybridized carbons (Fsp3) is 0.800. The van der Waals surface area contributed by atoms with Gasteiger partial charge < -0.3 is 10.2 Å². The van der Waals surface area contributed by atoms with Crippen LogP contribution in [0.5, 0.6) is 0 Å². The molecule has 0 rings (SSSR count). The van der Waals surface area contributed by atoms with Crippen LogP contribution in [0.1, 0.15) is 19.8 Å². The minimum absolute atomic E-state index is 0.0856. The van der Waals surface area contributed by atoms with Crippen molar-refractivity contribution in [3.63, 3.8) is 0 Å². The van der Waals surface area contributed by atoms with E-state index in [2.05, 4.69) is 0 Å². The summed E-state index contributed by atoms with van der Waals surface area (Å²) in [5.41, 5.74) is 2.89. The first-order valence-corrected chi connectivity index (χ1v) is 2.75. The molecule has 0 aliphatic heterocycles. The predicted octanol–water partition coefficient (Wildman–Crippen LogP) is -0.482. The molecule has 0 aromatic rings. The van der Waals surface area contributed by atoms with Gasteiger partial charge in [0.05, 0.1) is 0 Å². The lowest BCUT2D eigenvalue weighted by atomic mass is 10.1. The Hall–Kier alpha value is -0.610. The first-order valence-electron chi connectivity index (χ1n) is 2.75. The summed E-state index contributed by atoms with van der Waals surface area (Å²) in [5.74, 6) is -1.37.